The summed E-state index contributed by atoms with van der Waals surface area (Å²) in [5, 5.41) is 18.2. The van der Waals surface area contributed by atoms with Crippen LogP contribution in [0.4, 0.5) is 0 Å². The lowest BCUT2D eigenvalue weighted by Crippen LogP contribution is -2.35. The maximum atomic E-state index is 9.44. The highest BCUT2D eigenvalue weighted by Crippen LogP contribution is 2.28. The summed E-state index contributed by atoms with van der Waals surface area (Å²) in [7, 11) is 0. The van der Waals surface area contributed by atoms with Crippen LogP contribution in [0.25, 0.3) is 0 Å². The van der Waals surface area contributed by atoms with Crippen LogP contribution in [-0.2, 0) is 9.47 Å². The first-order valence-electron chi connectivity index (χ1n) is 3.66. The number of aliphatic hydroxyl groups excluding tert-OH is 2. The number of aliphatic imine (C=N–C) groups is 1. The summed E-state index contributed by atoms with van der Waals surface area (Å²) < 4.78 is 10.1. The minimum Gasteiger partial charge on any atom is -0.454 e. The van der Waals surface area contributed by atoms with Gasteiger partial charge in [-0.25, -0.2) is 0 Å². The number of nitrogens with zero attached hydrogens (tertiary/aromatic N) is 1. The number of hydrogen-bond donors (Lipinski definition) is 3. The second-order valence-electron chi connectivity index (χ2n) is 2.79. The lowest BCUT2D eigenvalue weighted by atomic mass is 10.1. The standard InChI is InChI=1S/C6H10N2O4/c7-6-8-5-4(12-6)3(10)2(1-9)11-5/h2-5,9-10H,1H2,(H2,7,8)/t2-,3?,4?,5?/m0/s1. The molecule has 2 rings (SSSR count). The van der Waals surface area contributed by atoms with Crippen molar-refractivity contribution in [3.05, 3.63) is 0 Å². The van der Waals surface area contributed by atoms with E-state index in [1.807, 2.05) is 0 Å². The monoisotopic (exact) mass is 174 g/mol. The minimum atomic E-state index is -0.857. The molecule has 1 saturated heterocycles. The van der Waals surface area contributed by atoms with Crippen LogP contribution in [0.15, 0.2) is 4.99 Å². The van der Waals surface area contributed by atoms with Crippen LogP contribution in [0.3, 0.4) is 0 Å². The van der Waals surface area contributed by atoms with E-state index in [9.17, 15) is 5.11 Å². The van der Waals surface area contributed by atoms with Gasteiger partial charge in [0, 0.05) is 0 Å². The normalized spacial score (nSPS) is 45.3. The maximum Gasteiger partial charge on any atom is 0.285 e. The van der Waals surface area contributed by atoms with Crippen LogP contribution in [0.5, 0.6) is 0 Å². The third-order valence-corrected chi connectivity index (χ3v) is 2.00. The zero-order chi connectivity index (χ0) is 8.72. The van der Waals surface area contributed by atoms with Crippen molar-refractivity contribution in [2.75, 3.05) is 6.61 Å². The van der Waals surface area contributed by atoms with Gasteiger partial charge in [-0.05, 0) is 0 Å². The smallest absolute Gasteiger partial charge is 0.285 e. The van der Waals surface area contributed by atoms with Gasteiger partial charge in [-0.1, -0.05) is 0 Å². The van der Waals surface area contributed by atoms with Gasteiger partial charge in [-0.3, -0.25) is 0 Å². The molecule has 4 atom stereocenters. The first kappa shape index (κ1) is 7.78. The van der Waals surface area contributed by atoms with E-state index in [0.717, 1.165) is 0 Å². The van der Waals surface area contributed by atoms with Crippen LogP contribution in [0, 0.1) is 0 Å². The molecule has 6 heteroatoms. The molecule has 0 amide bonds. The van der Waals surface area contributed by atoms with E-state index in [2.05, 4.69) is 4.99 Å². The van der Waals surface area contributed by atoms with Gasteiger partial charge in [0.2, 0.25) is 0 Å². The summed E-state index contributed by atoms with van der Waals surface area (Å²) in [6.07, 6.45) is -2.58. The van der Waals surface area contributed by atoms with E-state index in [0.29, 0.717) is 0 Å². The number of ether oxygens (including phenoxy) is 2. The Morgan fingerprint density at radius 2 is 2.33 bits per heavy atom. The van der Waals surface area contributed by atoms with Gasteiger partial charge in [0.25, 0.3) is 6.02 Å². The van der Waals surface area contributed by atoms with E-state index in [4.69, 9.17) is 20.3 Å². The molecule has 0 aromatic heterocycles. The molecule has 0 aromatic carbocycles. The highest BCUT2D eigenvalue weighted by Gasteiger charge is 2.48. The van der Waals surface area contributed by atoms with Gasteiger partial charge in [0.1, 0.15) is 12.2 Å². The average molecular weight is 174 g/mol. The van der Waals surface area contributed by atoms with Crippen molar-refractivity contribution in [2.24, 2.45) is 10.7 Å². The van der Waals surface area contributed by atoms with E-state index in [-0.39, 0.29) is 12.6 Å². The Bertz CT molecular complexity index is 220. The van der Waals surface area contributed by atoms with Crippen LogP contribution < -0.4 is 5.73 Å². The molecule has 68 valence electrons. The Hall–Kier alpha value is -0.850. The van der Waals surface area contributed by atoms with Gasteiger partial charge >= 0.3 is 0 Å². The SMILES string of the molecule is NC1=NC2O[C@@H](CO)C(O)C2O1. The molecule has 3 unspecified atom stereocenters. The Kier molecular flexibility index (Phi) is 1.67. The number of hydrogen-bond acceptors (Lipinski definition) is 6. The largest absolute Gasteiger partial charge is 0.454 e. The molecule has 0 saturated carbocycles. The molecule has 0 bridgehead atoms. The van der Waals surface area contributed by atoms with Gasteiger partial charge < -0.3 is 25.4 Å². The molecule has 12 heavy (non-hydrogen) atoms. The molecular weight excluding hydrogens is 164 g/mol. The molecular formula is C6H10N2O4. The minimum absolute atomic E-state index is 0.0282. The number of nitrogens with two attached hydrogens (primary N) is 1. The van der Waals surface area contributed by atoms with Crippen molar-refractivity contribution in [3.8, 4) is 0 Å². The van der Waals surface area contributed by atoms with E-state index >= 15 is 0 Å². The Balaban J connectivity index is 2.10. The Labute approximate surface area is 68.6 Å². The van der Waals surface area contributed by atoms with Crippen LogP contribution in [0.2, 0.25) is 0 Å². The van der Waals surface area contributed by atoms with Gasteiger partial charge in [0.05, 0.1) is 6.61 Å². The molecule has 6 nitrogen and oxygen atoms in total. The second kappa shape index (κ2) is 2.58. The third-order valence-electron chi connectivity index (χ3n) is 2.00. The fourth-order valence-corrected chi connectivity index (χ4v) is 1.40. The van der Waals surface area contributed by atoms with Gasteiger partial charge in [0.15, 0.2) is 12.3 Å². The zero-order valence-electron chi connectivity index (χ0n) is 6.25. The van der Waals surface area contributed by atoms with Crippen molar-refractivity contribution >= 4 is 6.02 Å². The Morgan fingerprint density at radius 1 is 1.58 bits per heavy atom. The summed E-state index contributed by atoms with van der Waals surface area (Å²) in [6.45, 7) is -0.243. The molecule has 0 aliphatic carbocycles. The van der Waals surface area contributed by atoms with E-state index in [1.165, 1.54) is 0 Å². The lowest BCUT2D eigenvalue weighted by molar-refractivity contribution is -0.0206. The van der Waals surface area contributed by atoms with Crippen molar-refractivity contribution in [1.82, 2.24) is 0 Å². The zero-order valence-corrected chi connectivity index (χ0v) is 6.25. The predicted molar refractivity (Wildman–Crippen MR) is 38.2 cm³/mol. The predicted octanol–water partition coefficient (Wildman–Crippen LogP) is -2.22. The fourth-order valence-electron chi connectivity index (χ4n) is 1.40. The summed E-state index contributed by atoms with van der Waals surface area (Å²) in [5.41, 5.74) is 5.25. The van der Waals surface area contributed by atoms with Crippen molar-refractivity contribution in [2.45, 2.75) is 24.5 Å². The molecule has 2 aliphatic heterocycles. The number of fused-ring (bicyclic) bond motifs is 1. The third kappa shape index (κ3) is 0.961. The summed E-state index contributed by atoms with van der Waals surface area (Å²) in [6, 6.07) is 0.0282. The number of amidine groups is 1. The van der Waals surface area contributed by atoms with Gasteiger partial charge in [-0.15, -0.1) is 0 Å². The molecule has 0 radical (unpaired) electrons. The van der Waals surface area contributed by atoms with Crippen molar-refractivity contribution in [1.29, 1.82) is 0 Å². The summed E-state index contributed by atoms with van der Waals surface area (Å²) in [4.78, 5) is 3.78. The van der Waals surface area contributed by atoms with Gasteiger partial charge in [-0.2, -0.15) is 4.99 Å². The lowest BCUT2D eigenvalue weighted by Gasteiger charge is -2.13. The molecule has 2 aliphatic rings. The molecule has 0 aromatic rings. The average Bonchev–Trinajstić information content (AvgIpc) is 2.51. The quantitative estimate of drug-likeness (QED) is 0.418. The van der Waals surface area contributed by atoms with Crippen LogP contribution in [0.1, 0.15) is 0 Å². The first-order valence-corrected chi connectivity index (χ1v) is 3.66. The number of rotatable bonds is 1. The molecule has 2 heterocycles. The molecule has 4 N–H and O–H groups in total. The highest BCUT2D eigenvalue weighted by molar-refractivity contribution is 5.73. The topological polar surface area (TPSA) is 97.3 Å². The first-order chi connectivity index (χ1) is 5.72. The van der Waals surface area contributed by atoms with Crippen LogP contribution in [-0.4, -0.2) is 47.4 Å². The molecule has 0 spiro atoms. The summed E-state index contributed by atoms with van der Waals surface area (Å²) in [5.74, 6) is 0. The highest BCUT2D eigenvalue weighted by atomic mass is 16.6. The Morgan fingerprint density at radius 3 is 2.92 bits per heavy atom. The van der Waals surface area contributed by atoms with Crippen LogP contribution >= 0.6 is 0 Å². The fraction of sp³-hybridized carbons (Fsp3) is 0.833. The van der Waals surface area contributed by atoms with Crippen molar-refractivity contribution < 1.29 is 19.7 Å². The second-order valence-corrected chi connectivity index (χ2v) is 2.79. The van der Waals surface area contributed by atoms with Crippen molar-refractivity contribution in [3.63, 3.8) is 0 Å². The maximum absolute atomic E-state index is 9.44. The van der Waals surface area contributed by atoms with E-state index < -0.39 is 24.5 Å². The number of aliphatic hydroxyl groups is 2. The van der Waals surface area contributed by atoms with E-state index in [1.54, 1.807) is 0 Å². The summed E-state index contributed by atoms with van der Waals surface area (Å²) >= 11 is 0. The molecule has 1 fully saturated rings.